The summed E-state index contributed by atoms with van der Waals surface area (Å²) in [6.07, 6.45) is 6.64. The fourth-order valence-electron chi connectivity index (χ4n) is 3.56. The van der Waals surface area contributed by atoms with E-state index in [0.717, 1.165) is 45.3 Å². The number of aliphatic carboxylic acids is 1. The van der Waals surface area contributed by atoms with Gasteiger partial charge in [-0.2, -0.15) is 0 Å². The van der Waals surface area contributed by atoms with Gasteiger partial charge in [-0.05, 0) is 38.6 Å². The molecule has 1 heterocycles. The van der Waals surface area contributed by atoms with Crippen LogP contribution >= 0.6 is 0 Å². The lowest BCUT2D eigenvalue weighted by Gasteiger charge is -2.33. The maximum Gasteiger partial charge on any atom is 0.307 e. The second-order valence-corrected chi connectivity index (χ2v) is 6.46. The average molecular weight is 296 g/mol. The molecular formula is C16H28N2O3. The van der Waals surface area contributed by atoms with Gasteiger partial charge in [0.25, 0.3) is 0 Å². The van der Waals surface area contributed by atoms with Gasteiger partial charge in [0.2, 0.25) is 5.91 Å². The summed E-state index contributed by atoms with van der Waals surface area (Å²) in [7, 11) is 0. The molecule has 1 saturated heterocycles. The predicted molar refractivity (Wildman–Crippen MR) is 81.0 cm³/mol. The van der Waals surface area contributed by atoms with Gasteiger partial charge in [-0.25, -0.2) is 0 Å². The Morgan fingerprint density at radius 2 is 1.81 bits per heavy atom. The summed E-state index contributed by atoms with van der Waals surface area (Å²) in [5.41, 5.74) is 0. The van der Waals surface area contributed by atoms with E-state index in [-0.39, 0.29) is 17.9 Å². The molecule has 5 heteroatoms. The van der Waals surface area contributed by atoms with Crippen molar-refractivity contribution in [2.75, 3.05) is 19.6 Å². The average Bonchev–Trinajstić information content (AvgIpc) is 2.96. The number of hydrogen-bond acceptors (Lipinski definition) is 3. The third-order valence-corrected chi connectivity index (χ3v) is 4.93. The molecule has 0 aromatic rings. The van der Waals surface area contributed by atoms with Crippen molar-refractivity contribution in [1.82, 2.24) is 10.2 Å². The number of nitrogens with zero attached hydrogens (tertiary/aromatic N) is 1. The van der Waals surface area contributed by atoms with E-state index in [1.807, 2.05) is 0 Å². The van der Waals surface area contributed by atoms with Crippen LogP contribution in [0.3, 0.4) is 0 Å². The summed E-state index contributed by atoms with van der Waals surface area (Å²) < 4.78 is 0. The van der Waals surface area contributed by atoms with Crippen molar-refractivity contribution in [2.45, 2.75) is 57.9 Å². The molecule has 1 amide bonds. The van der Waals surface area contributed by atoms with Crippen molar-refractivity contribution >= 4 is 11.9 Å². The smallest absolute Gasteiger partial charge is 0.307 e. The van der Waals surface area contributed by atoms with Crippen LogP contribution in [-0.2, 0) is 9.59 Å². The second-order valence-electron chi connectivity index (χ2n) is 6.46. The van der Waals surface area contributed by atoms with Gasteiger partial charge in [-0.3, -0.25) is 9.59 Å². The number of carbonyl (C=O) groups excluding carboxylic acids is 1. The van der Waals surface area contributed by atoms with E-state index in [9.17, 15) is 9.59 Å². The maximum absolute atomic E-state index is 12.3. The molecule has 2 rings (SSSR count). The van der Waals surface area contributed by atoms with E-state index in [4.69, 9.17) is 5.11 Å². The highest BCUT2D eigenvalue weighted by molar-refractivity contribution is 5.85. The van der Waals surface area contributed by atoms with E-state index in [2.05, 4.69) is 17.1 Å². The Kier molecular flexibility index (Phi) is 6.03. The normalized spacial score (nSPS) is 27.7. The molecule has 1 aliphatic carbocycles. The Morgan fingerprint density at radius 3 is 2.43 bits per heavy atom. The molecule has 2 aliphatic rings. The van der Waals surface area contributed by atoms with E-state index >= 15 is 0 Å². The van der Waals surface area contributed by atoms with Gasteiger partial charge in [0, 0.05) is 19.1 Å². The highest BCUT2D eigenvalue weighted by Crippen LogP contribution is 2.32. The zero-order chi connectivity index (χ0) is 15.2. The summed E-state index contributed by atoms with van der Waals surface area (Å²) in [6, 6.07) is 0.227. The number of piperidine rings is 1. The number of nitrogens with one attached hydrogen (secondary N) is 1. The third-order valence-electron chi connectivity index (χ3n) is 4.93. The molecule has 1 saturated carbocycles. The fourth-order valence-corrected chi connectivity index (χ4v) is 3.56. The monoisotopic (exact) mass is 296 g/mol. The molecule has 2 atom stereocenters. The molecule has 0 bridgehead atoms. The van der Waals surface area contributed by atoms with Crippen LogP contribution in [0.25, 0.3) is 0 Å². The van der Waals surface area contributed by atoms with Gasteiger partial charge in [0.05, 0.1) is 11.8 Å². The zero-order valence-corrected chi connectivity index (χ0v) is 13.0. The Morgan fingerprint density at radius 1 is 1.14 bits per heavy atom. The molecule has 2 fully saturated rings. The number of likely N-dealkylation sites (tertiary alicyclic amines) is 1. The number of carbonyl (C=O) groups is 2. The molecule has 1 aliphatic heterocycles. The summed E-state index contributed by atoms with van der Waals surface area (Å²) >= 11 is 0. The van der Waals surface area contributed by atoms with Crippen molar-refractivity contribution in [2.24, 2.45) is 11.8 Å². The number of carboxylic acid groups (broad SMARTS) is 1. The minimum atomic E-state index is -0.818. The van der Waals surface area contributed by atoms with Crippen LogP contribution in [0.4, 0.5) is 0 Å². The van der Waals surface area contributed by atoms with Crippen molar-refractivity contribution in [3.63, 3.8) is 0 Å². The lowest BCUT2D eigenvalue weighted by molar-refractivity contribution is -0.146. The molecular weight excluding hydrogens is 268 g/mol. The third kappa shape index (κ3) is 4.43. The topological polar surface area (TPSA) is 69.6 Å². The van der Waals surface area contributed by atoms with Crippen LogP contribution in [0.15, 0.2) is 0 Å². The number of carboxylic acids is 1. The first kappa shape index (κ1) is 16.3. The van der Waals surface area contributed by atoms with Crippen LogP contribution < -0.4 is 5.32 Å². The minimum Gasteiger partial charge on any atom is -0.481 e. The standard InChI is InChI=1S/C16H28N2O3/c1-2-3-9-18-10-7-12(8-11-18)17-15(19)13-5-4-6-14(13)16(20)21/h12-14H,2-11H2,1H3,(H,17,19)(H,20,21)/t13-,14+/m1/s1. The van der Waals surface area contributed by atoms with Gasteiger partial charge >= 0.3 is 5.97 Å². The molecule has 5 nitrogen and oxygen atoms in total. The molecule has 21 heavy (non-hydrogen) atoms. The van der Waals surface area contributed by atoms with Gasteiger partial charge in [-0.15, -0.1) is 0 Å². The first-order valence-corrected chi connectivity index (χ1v) is 8.37. The molecule has 0 radical (unpaired) electrons. The first-order chi connectivity index (χ1) is 10.1. The van der Waals surface area contributed by atoms with Crippen LogP contribution in [-0.4, -0.2) is 47.6 Å². The molecule has 0 unspecified atom stereocenters. The summed E-state index contributed by atoms with van der Waals surface area (Å²) in [5, 5.41) is 12.3. The van der Waals surface area contributed by atoms with E-state index in [0.29, 0.717) is 6.42 Å². The number of unbranched alkanes of at least 4 members (excludes halogenated alkanes) is 1. The van der Waals surface area contributed by atoms with Gasteiger partial charge < -0.3 is 15.3 Å². The Hall–Kier alpha value is -1.10. The summed E-state index contributed by atoms with van der Waals surface area (Å²) in [4.78, 5) is 25.9. The predicted octanol–water partition coefficient (Wildman–Crippen LogP) is 1.87. The van der Waals surface area contributed by atoms with Gasteiger partial charge in [0.15, 0.2) is 0 Å². The van der Waals surface area contributed by atoms with Gasteiger partial charge in [-0.1, -0.05) is 19.8 Å². The molecule has 0 aromatic heterocycles. The van der Waals surface area contributed by atoms with E-state index in [1.54, 1.807) is 0 Å². The van der Waals surface area contributed by atoms with E-state index < -0.39 is 11.9 Å². The van der Waals surface area contributed by atoms with Crippen molar-refractivity contribution < 1.29 is 14.7 Å². The minimum absolute atomic E-state index is 0.0353. The molecule has 0 spiro atoms. The molecule has 2 N–H and O–H groups in total. The molecule has 0 aromatic carbocycles. The maximum atomic E-state index is 12.3. The SMILES string of the molecule is CCCCN1CCC(NC(=O)[C@@H]2CCC[C@@H]2C(=O)O)CC1. The van der Waals surface area contributed by atoms with Crippen molar-refractivity contribution in [3.8, 4) is 0 Å². The lowest BCUT2D eigenvalue weighted by atomic mass is 9.94. The number of amides is 1. The lowest BCUT2D eigenvalue weighted by Crippen LogP contribution is -2.47. The quantitative estimate of drug-likeness (QED) is 0.785. The number of rotatable bonds is 6. The van der Waals surface area contributed by atoms with Gasteiger partial charge in [0.1, 0.15) is 0 Å². The highest BCUT2D eigenvalue weighted by atomic mass is 16.4. The van der Waals surface area contributed by atoms with Crippen molar-refractivity contribution in [3.05, 3.63) is 0 Å². The highest BCUT2D eigenvalue weighted by Gasteiger charge is 2.38. The van der Waals surface area contributed by atoms with Crippen LogP contribution in [0.2, 0.25) is 0 Å². The summed E-state index contributed by atoms with van der Waals surface area (Å²) in [6.45, 7) is 5.43. The largest absolute Gasteiger partial charge is 0.481 e. The van der Waals surface area contributed by atoms with Crippen molar-refractivity contribution in [1.29, 1.82) is 0 Å². The second kappa shape index (κ2) is 7.78. The Bertz CT molecular complexity index is 365. The van der Waals surface area contributed by atoms with Crippen LogP contribution in [0.1, 0.15) is 51.9 Å². The number of hydrogen-bond donors (Lipinski definition) is 2. The van der Waals surface area contributed by atoms with Crippen LogP contribution in [0.5, 0.6) is 0 Å². The van der Waals surface area contributed by atoms with Crippen LogP contribution in [0, 0.1) is 11.8 Å². The van der Waals surface area contributed by atoms with E-state index in [1.165, 1.54) is 12.8 Å². The Balaban J connectivity index is 1.75. The first-order valence-electron chi connectivity index (χ1n) is 8.37. The molecule has 120 valence electrons. The zero-order valence-electron chi connectivity index (χ0n) is 13.0. The fraction of sp³-hybridized carbons (Fsp3) is 0.875. The summed E-state index contributed by atoms with van der Waals surface area (Å²) in [5.74, 6) is -1.65. The Labute approximate surface area is 127 Å².